The summed E-state index contributed by atoms with van der Waals surface area (Å²) in [5.74, 6) is -0.00156. The SMILES string of the molecule is Cc1cc(Cl)cc(NCC(=O)N2CCCC(NC(=O)OC(C)(C)C)C2)c1. The fraction of sp³-hybridized carbons (Fsp3) is 0.579. The number of likely N-dealkylation sites (tertiary alicyclic amines) is 1. The minimum absolute atomic E-state index is 0.00156. The van der Waals surface area contributed by atoms with Crippen molar-refractivity contribution in [2.45, 2.75) is 52.2 Å². The number of rotatable bonds is 4. The summed E-state index contributed by atoms with van der Waals surface area (Å²) in [6.07, 6.45) is 1.25. The quantitative estimate of drug-likeness (QED) is 0.836. The number of alkyl carbamates (subject to hydrolysis) is 1. The van der Waals surface area contributed by atoms with Crippen LogP contribution in [0.1, 0.15) is 39.2 Å². The molecule has 0 spiro atoms. The molecular weight excluding hydrogens is 354 g/mol. The highest BCUT2D eigenvalue weighted by atomic mass is 35.5. The number of piperidine rings is 1. The largest absolute Gasteiger partial charge is 0.444 e. The van der Waals surface area contributed by atoms with Crippen LogP contribution in [0.25, 0.3) is 0 Å². The van der Waals surface area contributed by atoms with Crippen LogP contribution in [0.15, 0.2) is 18.2 Å². The van der Waals surface area contributed by atoms with E-state index in [2.05, 4.69) is 10.6 Å². The molecule has 144 valence electrons. The number of carbonyl (C=O) groups excluding carboxylic acids is 2. The van der Waals surface area contributed by atoms with Crippen molar-refractivity contribution in [3.05, 3.63) is 28.8 Å². The Morgan fingerprint density at radius 3 is 2.69 bits per heavy atom. The third-order valence-electron chi connectivity index (χ3n) is 3.98. The van der Waals surface area contributed by atoms with Crippen LogP contribution < -0.4 is 10.6 Å². The fourth-order valence-electron chi connectivity index (χ4n) is 2.92. The number of hydrogen-bond donors (Lipinski definition) is 2. The first-order valence-corrected chi connectivity index (χ1v) is 9.28. The number of nitrogens with one attached hydrogen (secondary N) is 2. The van der Waals surface area contributed by atoms with Crippen molar-refractivity contribution in [3.63, 3.8) is 0 Å². The predicted molar refractivity (Wildman–Crippen MR) is 104 cm³/mol. The number of benzene rings is 1. The van der Waals surface area contributed by atoms with Crippen molar-refractivity contribution < 1.29 is 14.3 Å². The molecule has 6 nitrogen and oxygen atoms in total. The zero-order chi connectivity index (χ0) is 19.3. The van der Waals surface area contributed by atoms with Gasteiger partial charge in [0, 0.05) is 29.8 Å². The van der Waals surface area contributed by atoms with E-state index in [1.54, 1.807) is 11.0 Å². The van der Waals surface area contributed by atoms with Gasteiger partial charge in [0.1, 0.15) is 5.60 Å². The van der Waals surface area contributed by atoms with E-state index in [0.717, 1.165) is 24.1 Å². The molecule has 2 amide bonds. The van der Waals surface area contributed by atoms with Gasteiger partial charge in [-0.05, 0) is 64.3 Å². The molecule has 1 aliphatic rings. The molecule has 1 atom stereocenters. The number of anilines is 1. The number of hydrogen-bond acceptors (Lipinski definition) is 4. The molecule has 2 rings (SSSR count). The summed E-state index contributed by atoms with van der Waals surface area (Å²) in [5.41, 5.74) is 1.32. The second-order valence-corrected chi connectivity index (χ2v) is 8.13. The molecule has 0 bridgehead atoms. The van der Waals surface area contributed by atoms with Crippen LogP contribution in [0.3, 0.4) is 0 Å². The maximum Gasteiger partial charge on any atom is 0.407 e. The summed E-state index contributed by atoms with van der Waals surface area (Å²) in [6, 6.07) is 5.52. The molecule has 0 aromatic heterocycles. The van der Waals surface area contributed by atoms with Crippen molar-refractivity contribution in [2.24, 2.45) is 0 Å². The van der Waals surface area contributed by atoms with Crippen molar-refractivity contribution in [3.8, 4) is 0 Å². The molecule has 2 N–H and O–H groups in total. The first-order valence-electron chi connectivity index (χ1n) is 8.91. The van der Waals surface area contributed by atoms with Crippen molar-refractivity contribution in [1.82, 2.24) is 10.2 Å². The third kappa shape index (κ3) is 6.75. The van der Waals surface area contributed by atoms with Gasteiger partial charge < -0.3 is 20.3 Å². The highest BCUT2D eigenvalue weighted by Crippen LogP contribution is 2.18. The smallest absolute Gasteiger partial charge is 0.407 e. The molecule has 1 aliphatic heterocycles. The molecular formula is C19H28ClN3O3. The molecule has 1 unspecified atom stereocenters. The van der Waals surface area contributed by atoms with Crippen LogP contribution in [0.5, 0.6) is 0 Å². The highest BCUT2D eigenvalue weighted by Gasteiger charge is 2.26. The molecule has 1 saturated heterocycles. The first-order chi connectivity index (χ1) is 12.1. The summed E-state index contributed by atoms with van der Waals surface area (Å²) in [7, 11) is 0. The molecule has 26 heavy (non-hydrogen) atoms. The van der Waals surface area contributed by atoms with Crippen molar-refractivity contribution in [1.29, 1.82) is 0 Å². The Morgan fingerprint density at radius 1 is 1.31 bits per heavy atom. The zero-order valence-electron chi connectivity index (χ0n) is 15.9. The van der Waals surface area contributed by atoms with Gasteiger partial charge >= 0.3 is 6.09 Å². The summed E-state index contributed by atoms with van der Waals surface area (Å²) in [5, 5.41) is 6.62. The van der Waals surface area contributed by atoms with Gasteiger partial charge in [-0.1, -0.05) is 11.6 Å². The monoisotopic (exact) mass is 381 g/mol. The number of ether oxygens (including phenoxy) is 1. The zero-order valence-corrected chi connectivity index (χ0v) is 16.7. The first kappa shape index (κ1) is 20.4. The van der Waals surface area contributed by atoms with Crippen LogP contribution >= 0.6 is 11.6 Å². The van der Waals surface area contributed by atoms with Crippen LogP contribution in [-0.4, -0.2) is 48.2 Å². The Hall–Kier alpha value is -1.95. The highest BCUT2D eigenvalue weighted by molar-refractivity contribution is 6.30. The minimum Gasteiger partial charge on any atom is -0.444 e. The normalized spacial score (nSPS) is 17.6. The lowest BCUT2D eigenvalue weighted by Gasteiger charge is -2.33. The van der Waals surface area contributed by atoms with Gasteiger partial charge in [-0.15, -0.1) is 0 Å². The van der Waals surface area contributed by atoms with Gasteiger partial charge in [0.2, 0.25) is 5.91 Å². The summed E-state index contributed by atoms with van der Waals surface area (Å²) in [6.45, 7) is 8.82. The lowest BCUT2D eigenvalue weighted by molar-refractivity contribution is -0.130. The van der Waals surface area contributed by atoms with Gasteiger partial charge in [-0.25, -0.2) is 4.79 Å². The molecule has 1 heterocycles. The molecule has 0 saturated carbocycles. The Kier molecular flexibility index (Phi) is 6.75. The number of carbonyl (C=O) groups is 2. The lowest BCUT2D eigenvalue weighted by Crippen LogP contribution is -2.51. The molecule has 1 aromatic carbocycles. The van der Waals surface area contributed by atoms with E-state index < -0.39 is 11.7 Å². The number of halogens is 1. The van der Waals surface area contributed by atoms with Crippen molar-refractivity contribution in [2.75, 3.05) is 25.0 Å². The molecule has 1 aromatic rings. The fourth-order valence-corrected chi connectivity index (χ4v) is 3.21. The van der Waals surface area contributed by atoms with E-state index >= 15 is 0 Å². The average molecular weight is 382 g/mol. The minimum atomic E-state index is -0.534. The van der Waals surface area contributed by atoms with Gasteiger partial charge in [0.15, 0.2) is 0 Å². The van der Waals surface area contributed by atoms with Gasteiger partial charge in [0.25, 0.3) is 0 Å². The van der Waals surface area contributed by atoms with E-state index in [1.807, 2.05) is 39.8 Å². The summed E-state index contributed by atoms with van der Waals surface area (Å²) >= 11 is 6.04. The maximum atomic E-state index is 12.5. The Morgan fingerprint density at radius 2 is 2.04 bits per heavy atom. The van der Waals surface area contributed by atoms with Crippen LogP contribution in [0, 0.1) is 6.92 Å². The second kappa shape index (κ2) is 8.62. The Balaban J connectivity index is 1.84. The topological polar surface area (TPSA) is 70.7 Å². The van der Waals surface area contributed by atoms with Gasteiger partial charge in [-0.2, -0.15) is 0 Å². The molecule has 1 fully saturated rings. The maximum absolute atomic E-state index is 12.5. The van der Waals surface area contributed by atoms with E-state index in [-0.39, 0.29) is 18.5 Å². The third-order valence-corrected chi connectivity index (χ3v) is 4.20. The van der Waals surface area contributed by atoms with E-state index in [0.29, 0.717) is 18.1 Å². The van der Waals surface area contributed by atoms with Crippen LogP contribution in [0.4, 0.5) is 10.5 Å². The van der Waals surface area contributed by atoms with E-state index in [1.165, 1.54) is 0 Å². The summed E-state index contributed by atoms with van der Waals surface area (Å²) in [4.78, 5) is 26.2. The second-order valence-electron chi connectivity index (χ2n) is 7.70. The van der Waals surface area contributed by atoms with E-state index in [9.17, 15) is 9.59 Å². The standard InChI is InChI=1S/C19H28ClN3O3/c1-13-8-14(20)10-16(9-13)21-11-17(24)23-7-5-6-15(12-23)22-18(25)26-19(2,3)4/h8-10,15,21H,5-7,11-12H2,1-4H3,(H,22,25). The van der Waals surface area contributed by atoms with Crippen molar-refractivity contribution >= 4 is 29.3 Å². The average Bonchev–Trinajstić information content (AvgIpc) is 2.50. The predicted octanol–water partition coefficient (Wildman–Crippen LogP) is 3.58. The van der Waals surface area contributed by atoms with Crippen LogP contribution in [-0.2, 0) is 9.53 Å². The molecule has 0 aliphatic carbocycles. The Labute approximate surface area is 160 Å². The molecule has 0 radical (unpaired) electrons. The Bertz CT molecular complexity index is 638. The van der Waals surface area contributed by atoms with Gasteiger partial charge in [-0.3, -0.25) is 4.79 Å². The van der Waals surface area contributed by atoms with E-state index in [4.69, 9.17) is 16.3 Å². The number of aryl methyl sites for hydroxylation is 1. The number of nitrogens with zero attached hydrogens (tertiary/aromatic N) is 1. The molecule has 7 heteroatoms. The number of amides is 2. The lowest BCUT2D eigenvalue weighted by atomic mass is 10.1. The van der Waals surface area contributed by atoms with Gasteiger partial charge in [0.05, 0.1) is 6.54 Å². The van der Waals surface area contributed by atoms with Crippen LogP contribution in [0.2, 0.25) is 5.02 Å². The summed E-state index contributed by atoms with van der Waals surface area (Å²) < 4.78 is 5.29.